The molecule has 0 fully saturated rings. The number of carbonyl (C=O) groups is 2. The number of halogens is 1. The predicted molar refractivity (Wildman–Crippen MR) is 75.2 cm³/mol. The van der Waals surface area contributed by atoms with Gasteiger partial charge in [0, 0.05) is 18.1 Å². The molecule has 0 bridgehead atoms. The highest BCUT2D eigenvalue weighted by Crippen LogP contribution is 2.21. The first-order chi connectivity index (χ1) is 9.52. The summed E-state index contributed by atoms with van der Waals surface area (Å²) in [4.78, 5) is 29.5. The van der Waals surface area contributed by atoms with Crippen LogP contribution in [-0.2, 0) is 4.74 Å². The summed E-state index contributed by atoms with van der Waals surface area (Å²) in [6, 6.07) is 1.50. The summed E-state index contributed by atoms with van der Waals surface area (Å²) < 4.78 is 4.96. The van der Waals surface area contributed by atoms with Crippen LogP contribution in [0.25, 0.3) is 0 Å². The van der Waals surface area contributed by atoms with Gasteiger partial charge in [0.15, 0.2) is 0 Å². The van der Waals surface area contributed by atoms with Gasteiger partial charge >= 0.3 is 5.97 Å². The lowest BCUT2D eigenvalue weighted by atomic mass is 10.2. The van der Waals surface area contributed by atoms with Crippen molar-refractivity contribution >= 4 is 29.2 Å². The summed E-state index contributed by atoms with van der Waals surface area (Å²) in [5.41, 5.74) is 1.63. The van der Waals surface area contributed by atoms with Crippen molar-refractivity contribution in [3.63, 3.8) is 0 Å². The molecule has 0 saturated heterocycles. The van der Waals surface area contributed by atoms with Crippen LogP contribution < -0.4 is 5.32 Å². The molecule has 0 aromatic carbocycles. The summed E-state index contributed by atoms with van der Waals surface area (Å²) in [5.74, 6) is -0.868. The Hall–Kier alpha value is -2.21. The number of aromatic nitrogens is 2. The lowest BCUT2D eigenvalue weighted by Gasteiger charge is -2.06. The first-order valence-corrected chi connectivity index (χ1v) is 6.41. The number of hydrogen-bond donors (Lipinski definition) is 3. The summed E-state index contributed by atoms with van der Waals surface area (Å²) >= 11 is 5.74. The molecule has 2 heterocycles. The van der Waals surface area contributed by atoms with Crippen molar-refractivity contribution in [2.45, 2.75) is 13.8 Å². The van der Waals surface area contributed by atoms with Gasteiger partial charge in [-0.3, -0.25) is 4.79 Å². The molecule has 0 saturated carbocycles. The second kappa shape index (κ2) is 5.83. The van der Waals surface area contributed by atoms with Crippen molar-refractivity contribution in [1.29, 1.82) is 0 Å². The van der Waals surface area contributed by atoms with Crippen molar-refractivity contribution in [1.82, 2.24) is 9.97 Å². The van der Waals surface area contributed by atoms with E-state index in [9.17, 15) is 9.59 Å². The number of hydrogen-bond acceptors (Lipinski definition) is 3. The topological polar surface area (TPSA) is 87.0 Å². The smallest absolute Gasteiger partial charge is 0.342 e. The molecule has 106 valence electrons. The number of nitrogens with one attached hydrogen (secondary N) is 3. The van der Waals surface area contributed by atoms with E-state index in [0.29, 0.717) is 27.7 Å². The minimum Gasteiger partial charge on any atom is -0.462 e. The van der Waals surface area contributed by atoms with Crippen molar-refractivity contribution in [3.8, 4) is 0 Å². The number of anilines is 1. The number of amides is 1. The molecule has 0 aliphatic rings. The van der Waals surface area contributed by atoms with Gasteiger partial charge in [-0.15, -0.1) is 0 Å². The Labute approximate surface area is 120 Å². The van der Waals surface area contributed by atoms with Gasteiger partial charge in [0.25, 0.3) is 5.91 Å². The van der Waals surface area contributed by atoms with E-state index < -0.39 is 5.97 Å². The Morgan fingerprint density at radius 2 is 2.10 bits per heavy atom. The number of carbonyl (C=O) groups excluding carboxylic acids is 2. The molecule has 0 unspecified atom stereocenters. The normalized spacial score (nSPS) is 10.3. The number of H-pyrrole nitrogens is 2. The standard InChI is InChI=1S/C13H14ClN3O3/c1-3-20-13(19)11-7(2)15-6-10(11)17-12(18)9-4-8(14)5-16-9/h4-6,15-16H,3H2,1-2H3,(H,17,18). The van der Waals surface area contributed by atoms with Crippen molar-refractivity contribution in [2.75, 3.05) is 11.9 Å². The van der Waals surface area contributed by atoms with Gasteiger partial charge in [0.2, 0.25) is 0 Å². The fourth-order valence-corrected chi connectivity index (χ4v) is 1.94. The lowest BCUT2D eigenvalue weighted by molar-refractivity contribution is 0.0527. The maximum absolute atomic E-state index is 12.0. The monoisotopic (exact) mass is 295 g/mol. The SMILES string of the molecule is CCOC(=O)c1c(NC(=O)c2cc(Cl)c[nH]2)c[nH]c1C. The molecule has 1 amide bonds. The first-order valence-electron chi connectivity index (χ1n) is 6.03. The fourth-order valence-electron chi connectivity index (χ4n) is 1.78. The van der Waals surface area contributed by atoms with E-state index in [2.05, 4.69) is 15.3 Å². The van der Waals surface area contributed by atoms with Crippen LogP contribution in [0.4, 0.5) is 5.69 Å². The Morgan fingerprint density at radius 3 is 2.70 bits per heavy atom. The molecule has 2 rings (SSSR count). The molecule has 0 aliphatic heterocycles. The zero-order valence-corrected chi connectivity index (χ0v) is 11.8. The lowest BCUT2D eigenvalue weighted by Crippen LogP contribution is -2.15. The van der Waals surface area contributed by atoms with Crippen LogP contribution in [0, 0.1) is 6.92 Å². The third kappa shape index (κ3) is 2.85. The van der Waals surface area contributed by atoms with Crippen LogP contribution in [0.5, 0.6) is 0 Å². The molecule has 7 heteroatoms. The maximum Gasteiger partial charge on any atom is 0.342 e. The molecule has 0 atom stereocenters. The number of esters is 1. The molecule has 6 nitrogen and oxygen atoms in total. The van der Waals surface area contributed by atoms with Crippen LogP contribution in [-0.4, -0.2) is 28.5 Å². The van der Waals surface area contributed by atoms with Gasteiger partial charge < -0.3 is 20.0 Å². The molecule has 20 heavy (non-hydrogen) atoms. The highest BCUT2D eigenvalue weighted by atomic mass is 35.5. The molecule has 0 spiro atoms. The number of ether oxygens (including phenoxy) is 1. The molecule has 0 aliphatic carbocycles. The minimum absolute atomic E-state index is 0.267. The van der Waals surface area contributed by atoms with Crippen molar-refractivity contribution < 1.29 is 14.3 Å². The van der Waals surface area contributed by atoms with E-state index in [1.807, 2.05) is 0 Å². The van der Waals surface area contributed by atoms with Gasteiger partial charge in [-0.1, -0.05) is 11.6 Å². The fraction of sp³-hybridized carbons (Fsp3) is 0.231. The van der Waals surface area contributed by atoms with Gasteiger partial charge in [0.05, 0.1) is 17.3 Å². The quantitative estimate of drug-likeness (QED) is 0.758. The van der Waals surface area contributed by atoms with Crippen LogP contribution in [0.15, 0.2) is 18.5 Å². The van der Waals surface area contributed by atoms with E-state index in [4.69, 9.17) is 16.3 Å². The van der Waals surface area contributed by atoms with Crippen LogP contribution in [0.3, 0.4) is 0 Å². The number of aryl methyl sites for hydroxylation is 1. The average Bonchev–Trinajstić information content (AvgIpc) is 2.96. The zero-order chi connectivity index (χ0) is 14.7. The van der Waals surface area contributed by atoms with E-state index in [-0.39, 0.29) is 12.5 Å². The maximum atomic E-state index is 12.0. The van der Waals surface area contributed by atoms with Crippen molar-refractivity contribution in [3.05, 3.63) is 40.4 Å². The summed E-state index contributed by atoms with van der Waals surface area (Å²) in [6.45, 7) is 3.72. The number of rotatable bonds is 4. The van der Waals surface area contributed by atoms with E-state index in [1.165, 1.54) is 12.3 Å². The Balaban J connectivity index is 2.22. The van der Waals surface area contributed by atoms with Crippen LogP contribution in [0.2, 0.25) is 5.02 Å². The van der Waals surface area contributed by atoms with Crippen LogP contribution >= 0.6 is 11.6 Å². The number of aromatic amines is 2. The summed E-state index contributed by atoms with van der Waals surface area (Å²) in [7, 11) is 0. The van der Waals surface area contributed by atoms with Gasteiger partial charge in [-0.2, -0.15) is 0 Å². The predicted octanol–water partition coefficient (Wildman–Crippen LogP) is 2.73. The Kier molecular flexibility index (Phi) is 4.14. The Bertz CT molecular complexity index is 645. The average molecular weight is 296 g/mol. The Morgan fingerprint density at radius 1 is 1.35 bits per heavy atom. The van der Waals surface area contributed by atoms with Gasteiger partial charge in [0.1, 0.15) is 11.3 Å². The second-order valence-corrected chi connectivity index (χ2v) is 4.54. The molecule has 0 radical (unpaired) electrons. The molecular formula is C13H14ClN3O3. The second-order valence-electron chi connectivity index (χ2n) is 4.11. The molecular weight excluding hydrogens is 282 g/mol. The minimum atomic E-state index is -0.480. The largest absolute Gasteiger partial charge is 0.462 e. The van der Waals surface area contributed by atoms with E-state index in [1.54, 1.807) is 20.0 Å². The molecule has 2 aromatic rings. The van der Waals surface area contributed by atoms with E-state index in [0.717, 1.165) is 0 Å². The highest BCUT2D eigenvalue weighted by molar-refractivity contribution is 6.31. The van der Waals surface area contributed by atoms with Crippen molar-refractivity contribution in [2.24, 2.45) is 0 Å². The highest BCUT2D eigenvalue weighted by Gasteiger charge is 2.20. The van der Waals surface area contributed by atoms with E-state index >= 15 is 0 Å². The molecule has 2 aromatic heterocycles. The summed E-state index contributed by atoms with van der Waals surface area (Å²) in [6.07, 6.45) is 3.05. The van der Waals surface area contributed by atoms with Crippen LogP contribution in [0.1, 0.15) is 33.5 Å². The first kappa shape index (κ1) is 14.2. The zero-order valence-electron chi connectivity index (χ0n) is 11.0. The van der Waals surface area contributed by atoms with Gasteiger partial charge in [-0.05, 0) is 19.9 Å². The molecule has 3 N–H and O–H groups in total. The van der Waals surface area contributed by atoms with Gasteiger partial charge in [-0.25, -0.2) is 4.79 Å². The third-order valence-corrected chi connectivity index (χ3v) is 2.92. The third-order valence-electron chi connectivity index (χ3n) is 2.70. The summed E-state index contributed by atoms with van der Waals surface area (Å²) in [5, 5.41) is 3.08.